The van der Waals surface area contributed by atoms with E-state index in [0.717, 1.165) is 0 Å². The lowest BCUT2D eigenvalue weighted by Crippen LogP contribution is -2.24. The third-order valence-electron chi connectivity index (χ3n) is 4.61. The molecule has 1 saturated heterocycles. The summed E-state index contributed by atoms with van der Waals surface area (Å²) in [5.74, 6) is -0.428. The van der Waals surface area contributed by atoms with Gasteiger partial charge in [0.2, 0.25) is 11.8 Å². The summed E-state index contributed by atoms with van der Waals surface area (Å²) < 4.78 is 23.8. The van der Waals surface area contributed by atoms with Crippen molar-refractivity contribution in [3.05, 3.63) is 65.8 Å². The fourth-order valence-electron chi connectivity index (χ4n) is 3.13. The Morgan fingerprint density at radius 1 is 1.24 bits per heavy atom. The van der Waals surface area contributed by atoms with Crippen LogP contribution in [0.1, 0.15) is 28.6 Å². The number of nitrogens with zero attached hydrogens (tertiary/aromatic N) is 3. The quantitative estimate of drug-likeness (QED) is 0.712. The highest BCUT2D eigenvalue weighted by Gasteiger charge is 2.35. The standard InChI is InChI=1S/C20H17FN4O4/c1-28-16-4-2-3-12(9-16)18(27)22-20-24-23-19(29-20)13-10-17(26)25(11-13)15-7-5-14(21)6-8-15/h2-9,13H,10-11H2,1H3,(H,22,24,27). The first-order valence-electron chi connectivity index (χ1n) is 8.88. The van der Waals surface area contributed by atoms with Crippen molar-refractivity contribution in [2.45, 2.75) is 12.3 Å². The van der Waals surface area contributed by atoms with Crippen LogP contribution in [0.2, 0.25) is 0 Å². The van der Waals surface area contributed by atoms with Crippen molar-refractivity contribution in [2.75, 3.05) is 23.9 Å². The van der Waals surface area contributed by atoms with E-state index in [9.17, 15) is 14.0 Å². The minimum Gasteiger partial charge on any atom is -0.497 e. The molecule has 4 rings (SSSR count). The maximum Gasteiger partial charge on any atom is 0.322 e. The van der Waals surface area contributed by atoms with Crippen LogP contribution in [0.25, 0.3) is 0 Å². The highest BCUT2D eigenvalue weighted by Crippen LogP contribution is 2.31. The first-order valence-corrected chi connectivity index (χ1v) is 8.88. The zero-order valence-electron chi connectivity index (χ0n) is 15.5. The van der Waals surface area contributed by atoms with Crippen LogP contribution >= 0.6 is 0 Å². The van der Waals surface area contributed by atoms with Crippen LogP contribution < -0.4 is 15.0 Å². The molecule has 9 heteroatoms. The van der Waals surface area contributed by atoms with Crippen LogP contribution in [0.15, 0.2) is 52.9 Å². The molecule has 3 aromatic rings. The molecule has 29 heavy (non-hydrogen) atoms. The molecule has 0 aliphatic carbocycles. The van der Waals surface area contributed by atoms with Gasteiger partial charge in [-0.25, -0.2) is 4.39 Å². The number of carbonyl (C=O) groups is 2. The second-order valence-electron chi connectivity index (χ2n) is 6.51. The zero-order valence-corrected chi connectivity index (χ0v) is 15.5. The molecule has 0 bridgehead atoms. The van der Waals surface area contributed by atoms with E-state index < -0.39 is 5.91 Å². The van der Waals surface area contributed by atoms with E-state index in [1.807, 2.05) is 0 Å². The number of ether oxygens (including phenoxy) is 1. The van der Waals surface area contributed by atoms with E-state index in [1.165, 1.54) is 19.2 Å². The molecule has 2 aromatic carbocycles. The van der Waals surface area contributed by atoms with E-state index in [2.05, 4.69) is 15.5 Å². The number of carbonyl (C=O) groups excluding carboxylic acids is 2. The molecule has 8 nitrogen and oxygen atoms in total. The second kappa shape index (κ2) is 7.70. The normalized spacial score (nSPS) is 16.1. The van der Waals surface area contributed by atoms with Crippen molar-refractivity contribution in [1.29, 1.82) is 0 Å². The van der Waals surface area contributed by atoms with E-state index in [1.54, 1.807) is 41.3 Å². The number of hydrogen-bond donors (Lipinski definition) is 1. The van der Waals surface area contributed by atoms with Crippen molar-refractivity contribution in [2.24, 2.45) is 0 Å². The van der Waals surface area contributed by atoms with Crippen molar-refractivity contribution in [3.63, 3.8) is 0 Å². The smallest absolute Gasteiger partial charge is 0.322 e. The Labute approximate surface area is 165 Å². The predicted octanol–water partition coefficient (Wildman–Crippen LogP) is 2.99. The lowest BCUT2D eigenvalue weighted by atomic mass is 10.1. The Morgan fingerprint density at radius 2 is 2.03 bits per heavy atom. The summed E-state index contributed by atoms with van der Waals surface area (Å²) in [6.45, 7) is 0.329. The fourth-order valence-corrected chi connectivity index (χ4v) is 3.13. The number of nitrogens with one attached hydrogen (secondary N) is 1. The summed E-state index contributed by atoms with van der Waals surface area (Å²) in [4.78, 5) is 26.2. The lowest BCUT2D eigenvalue weighted by Gasteiger charge is -2.15. The number of anilines is 2. The van der Waals surface area contributed by atoms with E-state index in [0.29, 0.717) is 23.5 Å². The molecule has 1 atom stereocenters. The average Bonchev–Trinajstić information content (AvgIpc) is 3.35. The van der Waals surface area contributed by atoms with Gasteiger partial charge in [-0.15, -0.1) is 5.10 Å². The molecule has 2 amide bonds. The summed E-state index contributed by atoms with van der Waals surface area (Å²) in [6.07, 6.45) is 0.183. The van der Waals surface area contributed by atoms with Gasteiger partial charge in [0.15, 0.2) is 0 Å². The van der Waals surface area contributed by atoms with E-state index in [4.69, 9.17) is 9.15 Å². The van der Waals surface area contributed by atoms with Gasteiger partial charge in [-0.1, -0.05) is 11.2 Å². The maximum atomic E-state index is 13.1. The molecule has 2 heterocycles. The van der Waals surface area contributed by atoms with Gasteiger partial charge in [-0.3, -0.25) is 14.9 Å². The van der Waals surface area contributed by atoms with Crippen molar-refractivity contribution in [3.8, 4) is 5.75 Å². The SMILES string of the molecule is COc1cccc(C(=O)Nc2nnc(C3CC(=O)N(c4ccc(F)cc4)C3)o2)c1. The number of methoxy groups -OCH3 is 1. The molecular formula is C20H17FN4O4. The molecule has 0 radical (unpaired) electrons. The van der Waals surface area contributed by atoms with Gasteiger partial charge in [0, 0.05) is 24.2 Å². The minimum absolute atomic E-state index is 0.0551. The highest BCUT2D eigenvalue weighted by atomic mass is 19.1. The molecule has 1 N–H and O–H groups in total. The van der Waals surface area contributed by atoms with Crippen LogP contribution in [-0.4, -0.2) is 35.7 Å². The average molecular weight is 396 g/mol. The maximum absolute atomic E-state index is 13.1. The third kappa shape index (κ3) is 3.93. The Morgan fingerprint density at radius 3 is 2.79 bits per heavy atom. The molecular weight excluding hydrogens is 379 g/mol. The van der Waals surface area contributed by atoms with Gasteiger partial charge in [0.1, 0.15) is 11.6 Å². The molecule has 148 valence electrons. The summed E-state index contributed by atoms with van der Waals surface area (Å²) >= 11 is 0. The third-order valence-corrected chi connectivity index (χ3v) is 4.61. The number of rotatable bonds is 5. The van der Waals surface area contributed by atoms with Gasteiger partial charge in [0.05, 0.1) is 13.0 Å². The first-order chi connectivity index (χ1) is 14.0. The number of amides is 2. The molecule has 1 fully saturated rings. The monoisotopic (exact) mass is 396 g/mol. The summed E-state index contributed by atoms with van der Waals surface area (Å²) in [7, 11) is 1.51. The molecule has 0 spiro atoms. The predicted molar refractivity (Wildman–Crippen MR) is 101 cm³/mol. The summed E-state index contributed by atoms with van der Waals surface area (Å²) in [5, 5.41) is 10.3. The summed E-state index contributed by atoms with van der Waals surface area (Å²) in [6, 6.07) is 12.3. The van der Waals surface area contributed by atoms with Gasteiger partial charge < -0.3 is 14.1 Å². The van der Waals surface area contributed by atoms with Crippen molar-refractivity contribution >= 4 is 23.5 Å². The van der Waals surface area contributed by atoms with Gasteiger partial charge in [-0.2, -0.15) is 0 Å². The number of benzene rings is 2. The number of aromatic nitrogens is 2. The van der Waals surface area contributed by atoms with Crippen LogP contribution in [0.5, 0.6) is 5.75 Å². The molecule has 1 aliphatic heterocycles. The van der Waals surface area contributed by atoms with E-state index in [-0.39, 0.29) is 36.0 Å². The van der Waals surface area contributed by atoms with Crippen LogP contribution in [0, 0.1) is 5.82 Å². The first kappa shape index (κ1) is 18.6. The fraction of sp³-hybridized carbons (Fsp3) is 0.200. The van der Waals surface area contributed by atoms with Crippen LogP contribution in [0.3, 0.4) is 0 Å². The molecule has 0 saturated carbocycles. The molecule has 1 unspecified atom stereocenters. The number of halogens is 1. The lowest BCUT2D eigenvalue weighted by molar-refractivity contribution is -0.117. The van der Waals surface area contributed by atoms with Crippen LogP contribution in [-0.2, 0) is 4.79 Å². The van der Waals surface area contributed by atoms with Crippen molar-refractivity contribution in [1.82, 2.24) is 10.2 Å². The van der Waals surface area contributed by atoms with Crippen LogP contribution in [0.4, 0.5) is 16.1 Å². The molecule has 1 aliphatic rings. The minimum atomic E-state index is -0.422. The summed E-state index contributed by atoms with van der Waals surface area (Å²) in [5.41, 5.74) is 0.979. The van der Waals surface area contributed by atoms with Crippen molar-refractivity contribution < 1.29 is 23.1 Å². The second-order valence-corrected chi connectivity index (χ2v) is 6.51. The Kier molecular flexibility index (Phi) is 4.94. The van der Waals surface area contributed by atoms with E-state index >= 15 is 0 Å². The number of hydrogen-bond acceptors (Lipinski definition) is 6. The highest BCUT2D eigenvalue weighted by molar-refractivity contribution is 6.03. The topological polar surface area (TPSA) is 97.6 Å². The Bertz CT molecular complexity index is 1050. The van der Waals surface area contributed by atoms with Gasteiger partial charge >= 0.3 is 6.01 Å². The largest absolute Gasteiger partial charge is 0.497 e. The zero-order chi connectivity index (χ0) is 20.4. The Hall–Kier alpha value is -3.75. The Balaban J connectivity index is 1.44. The van der Waals surface area contributed by atoms with Gasteiger partial charge in [0.25, 0.3) is 5.91 Å². The van der Waals surface area contributed by atoms with Gasteiger partial charge in [-0.05, 0) is 42.5 Å². The molecule has 1 aromatic heterocycles.